The molecule has 0 unspecified atom stereocenters. The van der Waals surface area contributed by atoms with Crippen molar-refractivity contribution in [1.29, 1.82) is 0 Å². The highest BCUT2D eigenvalue weighted by molar-refractivity contribution is 5.72. The van der Waals surface area contributed by atoms with E-state index in [1.54, 1.807) is 0 Å². The van der Waals surface area contributed by atoms with E-state index in [0.29, 0.717) is 6.61 Å². The Morgan fingerprint density at radius 2 is 2.31 bits per heavy atom. The average Bonchev–Trinajstić information content (AvgIpc) is 2.18. The summed E-state index contributed by atoms with van der Waals surface area (Å²) in [5, 5.41) is 0. The van der Waals surface area contributed by atoms with Crippen LogP contribution in [-0.2, 0) is 9.53 Å². The van der Waals surface area contributed by atoms with Gasteiger partial charge in [0.2, 0.25) is 0 Å². The molecule has 1 aliphatic heterocycles. The Kier molecular flexibility index (Phi) is 4.22. The summed E-state index contributed by atoms with van der Waals surface area (Å²) in [6, 6.07) is 0. The summed E-state index contributed by atoms with van der Waals surface area (Å²) in [6.45, 7) is 7.55. The molecule has 0 spiro atoms. The van der Waals surface area contributed by atoms with Crippen LogP contribution in [0.1, 0.15) is 26.7 Å². The molecule has 1 saturated heterocycles. The summed E-state index contributed by atoms with van der Waals surface area (Å²) in [4.78, 5) is 13.7. The van der Waals surface area contributed by atoms with Crippen molar-refractivity contribution in [2.45, 2.75) is 26.7 Å². The number of rotatable bonds is 3. The van der Waals surface area contributed by atoms with E-state index in [4.69, 9.17) is 4.74 Å². The Morgan fingerprint density at radius 1 is 1.54 bits per heavy atom. The number of piperidine rings is 1. The predicted octanol–water partition coefficient (Wildman–Crippen LogP) is 1.28. The molecule has 0 N–H and O–H groups in total. The Balaban J connectivity index is 2.37. The molecule has 1 atom stereocenters. The molecule has 0 aromatic rings. The number of carbonyl (C=O) groups excluding carboxylic acids is 1. The third kappa shape index (κ3) is 2.99. The smallest absolute Gasteiger partial charge is 0.310 e. The van der Waals surface area contributed by atoms with E-state index in [-0.39, 0.29) is 11.9 Å². The van der Waals surface area contributed by atoms with Gasteiger partial charge in [0, 0.05) is 6.54 Å². The Morgan fingerprint density at radius 3 is 2.92 bits per heavy atom. The normalized spacial score (nSPS) is 24.3. The van der Waals surface area contributed by atoms with Gasteiger partial charge in [0.05, 0.1) is 12.5 Å². The van der Waals surface area contributed by atoms with Crippen molar-refractivity contribution >= 4 is 5.97 Å². The van der Waals surface area contributed by atoms with Crippen molar-refractivity contribution in [2.75, 3.05) is 26.2 Å². The fraction of sp³-hybridized carbons (Fsp3) is 0.900. The van der Waals surface area contributed by atoms with Gasteiger partial charge < -0.3 is 9.64 Å². The summed E-state index contributed by atoms with van der Waals surface area (Å²) < 4.78 is 5.01. The zero-order valence-electron chi connectivity index (χ0n) is 8.58. The van der Waals surface area contributed by atoms with Gasteiger partial charge in [-0.1, -0.05) is 6.92 Å². The monoisotopic (exact) mass is 185 g/mol. The molecule has 1 aliphatic rings. The number of ether oxygens (including phenoxy) is 1. The van der Waals surface area contributed by atoms with E-state index in [1.807, 2.05) is 6.92 Å². The molecule has 0 aromatic heterocycles. The minimum absolute atomic E-state index is 0.0133. The molecule has 0 bridgehead atoms. The van der Waals surface area contributed by atoms with Crippen molar-refractivity contribution in [1.82, 2.24) is 4.90 Å². The first-order chi connectivity index (χ1) is 6.27. The van der Waals surface area contributed by atoms with E-state index < -0.39 is 0 Å². The molecule has 13 heavy (non-hydrogen) atoms. The molecule has 1 rings (SSSR count). The van der Waals surface area contributed by atoms with Gasteiger partial charge in [-0.3, -0.25) is 4.79 Å². The number of esters is 1. The number of likely N-dealkylation sites (tertiary alicyclic amines) is 1. The van der Waals surface area contributed by atoms with Crippen LogP contribution in [-0.4, -0.2) is 37.1 Å². The van der Waals surface area contributed by atoms with E-state index >= 15 is 0 Å². The van der Waals surface area contributed by atoms with Gasteiger partial charge in [-0.15, -0.1) is 0 Å². The first-order valence-corrected chi connectivity index (χ1v) is 5.16. The lowest BCUT2D eigenvalue weighted by molar-refractivity contribution is -0.149. The number of nitrogens with zero attached hydrogens (tertiary/aromatic N) is 1. The third-order valence-electron chi connectivity index (χ3n) is 2.57. The number of carbonyl (C=O) groups is 1. The van der Waals surface area contributed by atoms with E-state index in [1.165, 1.54) is 0 Å². The number of hydrogen-bond donors (Lipinski definition) is 0. The summed E-state index contributed by atoms with van der Waals surface area (Å²) in [7, 11) is 0. The van der Waals surface area contributed by atoms with Crippen LogP contribution >= 0.6 is 0 Å². The highest BCUT2D eigenvalue weighted by Crippen LogP contribution is 2.17. The van der Waals surface area contributed by atoms with Crippen LogP contribution in [0.2, 0.25) is 0 Å². The first-order valence-electron chi connectivity index (χ1n) is 5.16. The topological polar surface area (TPSA) is 29.5 Å². The van der Waals surface area contributed by atoms with Gasteiger partial charge in [-0.05, 0) is 32.9 Å². The average molecular weight is 185 g/mol. The largest absolute Gasteiger partial charge is 0.466 e. The second-order valence-corrected chi connectivity index (χ2v) is 3.48. The van der Waals surface area contributed by atoms with Crippen molar-refractivity contribution < 1.29 is 9.53 Å². The Bertz CT molecular complexity index is 170. The van der Waals surface area contributed by atoms with E-state index in [0.717, 1.165) is 32.5 Å². The van der Waals surface area contributed by atoms with Crippen molar-refractivity contribution in [3.8, 4) is 0 Å². The summed E-state index contributed by atoms with van der Waals surface area (Å²) in [5.41, 5.74) is 0. The molecule has 0 amide bonds. The summed E-state index contributed by atoms with van der Waals surface area (Å²) in [5.74, 6) is 0.106. The molecule has 0 aliphatic carbocycles. The van der Waals surface area contributed by atoms with Crippen molar-refractivity contribution in [3.05, 3.63) is 0 Å². The van der Waals surface area contributed by atoms with Crippen LogP contribution in [0.3, 0.4) is 0 Å². The molecule has 3 heteroatoms. The molecule has 3 nitrogen and oxygen atoms in total. The van der Waals surface area contributed by atoms with Gasteiger partial charge in [-0.2, -0.15) is 0 Å². The van der Waals surface area contributed by atoms with Crippen LogP contribution in [0, 0.1) is 5.92 Å². The zero-order valence-corrected chi connectivity index (χ0v) is 8.58. The van der Waals surface area contributed by atoms with Crippen molar-refractivity contribution in [2.24, 2.45) is 5.92 Å². The standard InChI is InChI=1S/C10H19NO2/c1-3-11-7-5-6-9(8-11)10(12)13-4-2/h9H,3-8H2,1-2H3/t9-/m1/s1. The first kappa shape index (κ1) is 10.5. The molecule has 1 heterocycles. The molecular formula is C10H19NO2. The maximum atomic E-state index is 11.4. The molecule has 76 valence electrons. The quantitative estimate of drug-likeness (QED) is 0.620. The van der Waals surface area contributed by atoms with E-state index in [2.05, 4.69) is 11.8 Å². The van der Waals surface area contributed by atoms with Crippen molar-refractivity contribution in [3.63, 3.8) is 0 Å². The van der Waals surface area contributed by atoms with Crippen LogP contribution in [0.5, 0.6) is 0 Å². The third-order valence-corrected chi connectivity index (χ3v) is 2.57. The van der Waals surface area contributed by atoms with Crippen LogP contribution in [0.4, 0.5) is 0 Å². The molecular weight excluding hydrogens is 166 g/mol. The highest BCUT2D eigenvalue weighted by Gasteiger charge is 2.25. The number of hydrogen-bond acceptors (Lipinski definition) is 3. The minimum Gasteiger partial charge on any atom is -0.466 e. The lowest BCUT2D eigenvalue weighted by Crippen LogP contribution is -2.39. The second kappa shape index (κ2) is 5.22. The Labute approximate surface area is 80.1 Å². The van der Waals surface area contributed by atoms with Gasteiger partial charge in [0.15, 0.2) is 0 Å². The second-order valence-electron chi connectivity index (χ2n) is 3.48. The summed E-state index contributed by atoms with van der Waals surface area (Å²) in [6.07, 6.45) is 2.12. The lowest BCUT2D eigenvalue weighted by Gasteiger charge is -2.30. The maximum absolute atomic E-state index is 11.4. The molecule has 0 saturated carbocycles. The van der Waals surface area contributed by atoms with Gasteiger partial charge in [0.1, 0.15) is 0 Å². The molecule has 0 aromatic carbocycles. The molecule has 0 radical (unpaired) electrons. The summed E-state index contributed by atoms with van der Waals surface area (Å²) >= 11 is 0. The zero-order chi connectivity index (χ0) is 9.68. The SMILES string of the molecule is CCOC(=O)[C@@H]1CCCN(CC)C1. The van der Waals surface area contributed by atoms with Crippen LogP contribution < -0.4 is 0 Å². The molecule has 1 fully saturated rings. The minimum atomic E-state index is -0.0133. The van der Waals surface area contributed by atoms with Gasteiger partial charge in [0.25, 0.3) is 0 Å². The highest BCUT2D eigenvalue weighted by atomic mass is 16.5. The lowest BCUT2D eigenvalue weighted by atomic mass is 9.98. The van der Waals surface area contributed by atoms with E-state index in [9.17, 15) is 4.79 Å². The fourth-order valence-corrected chi connectivity index (χ4v) is 1.80. The van der Waals surface area contributed by atoms with Gasteiger partial charge in [-0.25, -0.2) is 0 Å². The fourth-order valence-electron chi connectivity index (χ4n) is 1.80. The van der Waals surface area contributed by atoms with Crippen LogP contribution in [0.15, 0.2) is 0 Å². The van der Waals surface area contributed by atoms with Crippen LogP contribution in [0.25, 0.3) is 0 Å². The maximum Gasteiger partial charge on any atom is 0.310 e. The van der Waals surface area contributed by atoms with Gasteiger partial charge >= 0.3 is 5.97 Å². The predicted molar refractivity (Wildman–Crippen MR) is 51.5 cm³/mol. The Hall–Kier alpha value is -0.570.